The maximum absolute atomic E-state index is 13.6. The molecule has 5 rings (SSSR count). The highest BCUT2D eigenvalue weighted by atomic mass is 32.1. The Hall–Kier alpha value is -3.71. The number of thiocarbonyl (C=S) groups is 1. The van der Waals surface area contributed by atoms with E-state index in [1.165, 1.54) is 12.1 Å². The van der Waals surface area contributed by atoms with E-state index in [1.807, 2.05) is 42.5 Å². The van der Waals surface area contributed by atoms with Crippen molar-refractivity contribution in [1.82, 2.24) is 14.9 Å². The van der Waals surface area contributed by atoms with Crippen LogP contribution in [-0.2, 0) is 0 Å². The lowest BCUT2D eigenvalue weighted by Crippen LogP contribution is -2.30. The number of ether oxygens (including phenoxy) is 1. The quantitative estimate of drug-likeness (QED) is 0.371. The van der Waals surface area contributed by atoms with Gasteiger partial charge in [0.2, 0.25) is 0 Å². The number of rotatable bonds is 5. The summed E-state index contributed by atoms with van der Waals surface area (Å²) < 4.78 is 21.4. The number of halogens is 1. The molecule has 5 nitrogen and oxygen atoms in total. The molecule has 2 atom stereocenters. The molecule has 172 valence electrons. The standard InChI is InChI=1S/C27H25FN4OS/c1-17-16-21(18(2)31(17)20-13-11-19(28)12-14-20)26-25(22-8-6-7-15-29-22)30-27(34)32(26)23-9-4-5-10-24(23)33-3/h4-16,25-26H,1-3H3,(H,30,34). The van der Waals surface area contributed by atoms with Gasteiger partial charge in [0.1, 0.15) is 11.6 Å². The van der Waals surface area contributed by atoms with Crippen LogP contribution in [0.3, 0.4) is 0 Å². The molecule has 1 aliphatic heterocycles. The minimum absolute atomic E-state index is 0.166. The fourth-order valence-electron chi connectivity index (χ4n) is 4.83. The average Bonchev–Trinajstić information content (AvgIpc) is 3.35. The molecular formula is C27H25FN4OS. The number of benzene rings is 2. The average molecular weight is 473 g/mol. The fraction of sp³-hybridized carbons (Fsp3) is 0.185. The number of pyridine rings is 1. The van der Waals surface area contributed by atoms with Gasteiger partial charge in [0.15, 0.2) is 5.11 Å². The van der Waals surface area contributed by atoms with Gasteiger partial charge in [-0.1, -0.05) is 18.2 Å². The van der Waals surface area contributed by atoms with Crippen LogP contribution in [0.2, 0.25) is 0 Å². The van der Waals surface area contributed by atoms with Crippen LogP contribution in [0.1, 0.15) is 34.7 Å². The summed E-state index contributed by atoms with van der Waals surface area (Å²) >= 11 is 5.86. The van der Waals surface area contributed by atoms with Gasteiger partial charge in [-0.2, -0.15) is 0 Å². The van der Waals surface area contributed by atoms with E-state index in [4.69, 9.17) is 17.0 Å². The van der Waals surface area contributed by atoms with Gasteiger partial charge in [0.25, 0.3) is 0 Å². The normalized spacial score (nSPS) is 17.6. The van der Waals surface area contributed by atoms with Gasteiger partial charge in [0.05, 0.1) is 30.6 Å². The van der Waals surface area contributed by atoms with E-state index < -0.39 is 0 Å². The number of hydrogen-bond donors (Lipinski definition) is 1. The molecule has 2 unspecified atom stereocenters. The second-order valence-corrected chi connectivity index (χ2v) is 8.69. The minimum atomic E-state index is -0.255. The highest BCUT2D eigenvalue weighted by molar-refractivity contribution is 7.80. The lowest BCUT2D eigenvalue weighted by atomic mass is 9.96. The second kappa shape index (κ2) is 8.91. The van der Waals surface area contributed by atoms with Crippen LogP contribution in [0.4, 0.5) is 10.1 Å². The molecule has 2 aromatic heterocycles. The summed E-state index contributed by atoms with van der Waals surface area (Å²) in [5.41, 5.74) is 5.92. The first kappa shape index (κ1) is 22.1. The summed E-state index contributed by atoms with van der Waals surface area (Å²) in [5.74, 6) is 0.486. The lowest BCUT2D eigenvalue weighted by molar-refractivity contribution is 0.414. The van der Waals surface area contributed by atoms with Gasteiger partial charge in [-0.3, -0.25) is 4.98 Å². The predicted octanol–water partition coefficient (Wildman–Crippen LogP) is 5.81. The predicted molar refractivity (Wildman–Crippen MR) is 136 cm³/mol. The minimum Gasteiger partial charge on any atom is -0.495 e. The van der Waals surface area contributed by atoms with Crippen molar-refractivity contribution in [1.29, 1.82) is 0 Å². The maximum atomic E-state index is 13.6. The van der Waals surface area contributed by atoms with E-state index in [0.29, 0.717) is 5.11 Å². The molecule has 0 amide bonds. The van der Waals surface area contributed by atoms with Crippen molar-refractivity contribution >= 4 is 23.0 Å². The Morgan fingerprint density at radius 1 is 1.00 bits per heavy atom. The SMILES string of the molecule is COc1ccccc1N1C(=S)NC(c2ccccn2)C1c1cc(C)n(-c2ccc(F)cc2)c1C. The first-order valence-electron chi connectivity index (χ1n) is 11.1. The van der Waals surface area contributed by atoms with E-state index in [1.54, 1.807) is 25.4 Å². The number of hydrogen-bond acceptors (Lipinski definition) is 3. The van der Waals surface area contributed by atoms with Crippen molar-refractivity contribution in [2.45, 2.75) is 25.9 Å². The number of anilines is 1. The van der Waals surface area contributed by atoms with E-state index in [2.05, 4.69) is 39.7 Å². The van der Waals surface area contributed by atoms with Gasteiger partial charge in [-0.25, -0.2) is 4.39 Å². The number of aromatic nitrogens is 2. The molecule has 0 bridgehead atoms. The van der Waals surface area contributed by atoms with Crippen molar-refractivity contribution in [2.24, 2.45) is 0 Å². The Balaban J connectivity index is 1.70. The molecule has 7 heteroatoms. The molecule has 0 spiro atoms. The first-order valence-corrected chi connectivity index (χ1v) is 11.5. The van der Waals surface area contributed by atoms with Crippen LogP contribution < -0.4 is 15.0 Å². The van der Waals surface area contributed by atoms with Gasteiger partial charge in [0, 0.05) is 23.3 Å². The van der Waals surface area contributed by atoms with Crippen molar-refractivity contribution in [3.63, 3.8) is 0 Å². The summed E-state index contributed by atoms with van der Waals surface area (Å²) in [5, 5.41) is 4.11. The van der Waals surface area contributed by atoms with Crippen LogP contribution in [0.15, 0.2) is 79.0 Å². The van der Waals surface area contributed by atoms with Crippen LogP contribution in [0, 0.1) is 19.7 Å². The summed E-state index contributed by atoms with van der Waals surface area (Å²) in [6.45, 7) is 4.15. The molecule has 2 aromatic carbocycles. The van der Waals surface area contributed by atoms with E-state index >= 15 is 0 Å². The third-order valence-electron chi connectivity index (χ3n) is 6.32. The van der Waals surface area contributed by atoms with Gasteiger partial charge >= 0.3 is 0 Å². The smallest absolute Gasteiger partial charge is 0.174 e. The van der Waals surface area contributed by atoms with Crippen LogP contribution in [0.5, 0.6) is 5.75 Å². The molecular weight excluding hydrogens is 447 g/mol. The fourth-order valence-corrected chi connectivity index (χ4v) is 5.17. The number of aryl methyl sites for hydroxylation is 1. The molecule has 0 saturated carbocycles. The zero-order chi connectivity index (χ0) is 23.8. The monoisotopic (exact) mass is 472 g/mol. The Morgan fingerprint density at radius 3 is 2.44 bits per heavy atom. The number of nitrogens with zero attached hydrogens (tertiary/aromatic N) is 3. The lowest BCUT2D eigenvalue weighted by Gasteiger charge is -2.29. The topological polar surface area (TPSA) is 42.3 Å². The maximum Gasteiger partial charge on any atom is 0.174 e. The molecule has 34 heavy (non-hydrogen) atoms. The molecule has 0 aliphatic carbocycles. The summed E-state index contributed by atoms with van der Waals surface area (Å²) in [7, 11) is 1.66. The number of nitrogens with one attached hydrogen (secondary N) is 1. The molecule has 4 aromatic rings. The van der Waals surface area contributed by atoms with Crippen molar-refractivity contribution in [2.75, 3.05) is 12.0 Å². The summed E-state index contributed by atoms with van der Waals surface area (Å²) in [6, 6.07) is 22.2. The Bertz CT molecular complexity index is 1340. The van der Waals surface area contributed by atoms with Gasteiger partial charge in [-0.05, 0) is 86.2 Å². The van der Waals surface area contributed by atoms with Crippen molar-refractivity contribution in [3.05, 3.63) is 107 Å². The first-order chi connectivity index (χ1) is 16.5. The van der Waals surface area contributed by atoms with Gasteiger partial charge in [-0.15, -0.1) is 0 Å². The molecule has 1 saturated heterocycles. The third kappa shape index (κ3) is 3.72. The summed E-state index contributed by atoms with van der Waals surface area (Å²) in [6.07, 6.45) is 1.80. The Morgan fingerprint density at radius 2 is 1.74 bits per heavy atom. The zero-order valence-electron chi connectivity index (χ0n) is 19.2. The molecule has 3 heterocycles. The van der Waals surface area contributed by atoms with Crippen LogP contribution >= 0.6 is 12.2 Å². The van der Waals surface area contributed by atoms with Crippen molar-refractivity contribution in [3.8, 4) is 11.4 Å². The summed E-state index contributed by atoms with van der Waals surface area (Å²) in [4.78, 5) is 6.76. The second-order valence-electron chi connectivity index (χ2n) is 8.31. The highest BCUT2D eigenvalue weighted by Crippen LogP contribution is 2.46. The van der Waals surface area contributed by atoms with Gasteiger partial charge < -0.3 is 19.5 Å². The molecule has 1 N–H and O–H groups in total. The molecule has 1 fully saturated rings. The molecule has 0 radical (unpaired) electrons. The van der Waals surface area contributed by atoms with E-state index in [-0.39, 0.29) is 17.9 Å². The van der Waals surface area contributed by atoms with E-state index in [0.717, 1.165) is 39.8 Å². The van der Waals surface area contributed by atoms with E-state index in [9.17, 15) is 4.39 Å². The number of para-hydroxylation sites is 2. The van der Waals surface area contributed by atoms with Crippen LogP contribution in [0.25, 0.3) is 5.69 Å². The van der Waals surface area contributed by atoms with Crippen LogP contribution in [-0.4, -0.2) is 21.8 Å². The number of methoxy groups -OCH3 is 1. The zero-order valence-corrected chi connectivity index (χ0v) is 20.0. The third-order valence-corrected chi connectivity index (χ3v) is 6.63. The Kier molecular flexibility index (Phi) is 5.79. The molecule has 1 aliphatic rings. The van der Waals surface area contributed by atoms with Crippen molar-refractivity contribution < 1.29 is 9.13 Å². The largest absolute Gasteiger partial charge is 0.495 e. The Labute approximate surface area is 203 Å². The highest BCUT2D eigenvalue weighted by Gasteiger charge is 2.43.